The summed E-state index contributed by atoms with van der Waals surface area (Å²) in [6.45, 7) is 8.30. The van der Waals surface area contributed by atoms with Crippen molar-refractivity contribution in [3.05, 3.63) is 23.4 Å². The van der Waals surface area contributed by atoms with Gasteiger partial charge in [-0.3, -0.25) is 0 Å². The summed E-state index contributed by atoms with van der Waals surface area (Å²) < 4.78 is 0. The zero-order chi connectivity index (χ0) is 14.8. The van der Waals surface area contributed by atoms with Crippen LogP contribution in [0.25, 0.3) is 0 Å². The number of hydrogen-bond acceptors (Lipinski definition) is 4. The van der Waals surface area contributed by atoms with Crippen molar-refractivity contribution in [1.82, 2.24) is 10.3 Å². The van der Waals surface area contributed by atoms with E-state index in [1.54, 1.807) is 0 Å². The first kappa shape index (κ1) is 14.8. The second kappa shape index (κ2) is 6.32. The molecule has 4 nitrogen and oxygen atoms in total. The van der Waals surface area contributed by atoms with Crippen LogP contribution in [0.5, 0.6) is 0 Å². The van der Waals surface area contributed by atoms with Crippen LogP contribution < -0.4 is 10.2 Å². The molecule has 0 aromatic carbocycles. The SMILES string of the molecule is CCCNCc1cnc(N2CC3CCC(O)C3C2)c(C)c1. The lowest BCUT2D eigenvalue weighted by molar-refractivity contribution is 0.133. The Morgan fingerprint density at radius 3 is 2.95 bits per heavy atom. The second-order valence-corrected chi connectivity index (χ2v) is 6.63. The van der Waals surface area contributed by atoms with Gasteiger partial charge in [0, 0.05) is 31.7 Å². The van der Waals surface area contributed by atoms with E-state index in [4.69, 9.17) is 4.98 Å². The lowest BCUT2D eigenvalue weighted by Gasteiger charge is -2.21. The van der Waals surface area contributed by atoms with E-state index in [-0.39, 0.29) is 6.10 Å². The number of nitrogens with one attached hydrogen (secondary N) is 1. The van der Waals surface area contributed by atoms with Gasteiger partial charge in [-0.25, -0.2) is 4.98 Å². The standard InChI is InChI=1S/C17H27N3O/c1-3-6-18-8-13-7-12(2)17(19-9-13)20-10-14-4-5-16(21)15(14)11-20/h7,9,14-16,18,21H,3-6,8,10-11H2,1-2H3. The van der Waals surface area contributed by atoms with Crippen LogP contribution in [0.15, 0.2) is 12.3 Å². The predicted octanol–water partition coefficient (Wildman–Crippen LogP) is 2.10. The quantitative estimate of drug-likeness (QED) is 0.815. The van der Waals surface area contributed by atoms with Gasteiger partial charge in [0.15, 0.2) is 0 Å². The minimum absolute atomic E-state index is 0.0992. The van der Waals surface area contributed by atoms with E-state index in [9.17, 15) is 5.11 Å². The van der Waals surface area contributed by atoms with Crippen LogP contribution in [0.1, 0.15) is 37.3 Å². The van der Waals surface area contributed by atoms with Crippen molar-refractivity contribution < 1.29 is 5.11 Å². The van der Waals surface area contributed by atoms with Crippen LogP contribution >= 0.6 is 0 Å². The van der Waals surface area contributed by atoms with Gasteiger partial charge in [0.1, 0.15) is 5.82 Å². The van der Waals surface area contributed by atoms with Crippen molar-refractivity contribution >= 4 is 5.82 Å². The molecule has 116 valence electrons. The van der Waals surface area contributed by atoms with Gasteiger partial charge in [0.2, 0.25) is 0 Å². The Morgan fingerprint density at radius 2 is 2.24 bits per heavy atom. The molecule has 1 aromatic heterocycles. The summed E-state index contributed by atoms with van der Waals surface area (Å²) in [5.74, 6) is 2.22. The van der Waals surface area contributed by atoms with Crippen LogP contribution in [0.3, 0.4) is 0 Å². The van der Waals surface area contributed by atoms with Gasteiger partial charge in [-0.1, -0.05) is 6.92 Å². The van der Waals surface area contributed by atoms with Crippen LogP contribution in [-0.4, -0.2) is 35.8 Å². The second-order valence-electron chi connectivity index (χ2n) is 6.63. The molecule has 0 amide bonds. The summed E-state index contributed by atoms with van der Waals surface area (Å²) in [6.07, 6.45) is 5.20. The van der Waals surface area contributed by atoms with E-state index < -0.39 is 0 Å². The lowest BCUT2D eigenvalue weighted by Crippen LogP contribution is -2.26. The smallest absolute Gasteiger partial charge is 0.131 e. The minimum atomic E-state index is -0.0992. The number of aliphatic hydroxyl groups is 1. The number of aryl methyl sites for hydroxylation is 1. The molecule has 3 unspecified atom stereocenters. The molecule has 0 radical (unpaired) electrons. The number of aliphatic hydroxyl groups excluding tert-OH is 1. The first-order valence-electron chi connectivity index (χ1n) is 8.28. The largest absolute Gasteiger partial charge is 0.393 e. The molecule has 3 atom stereocenters. The highest BCUT2D eigenvalue weighted by atomic mass is 16.3. The van der Waals surface area contributed by atoms with Crippen molar-refractivity contribution in [3.63, 3.8) is 0 Å². The van der Waals surface area contributed by atoms with Gasteiger partial charge < -0.3 is 15.3 Å². The lowest BCUT2D eigenvalue weighted by atomic mass is 10.00. The molecule has 21 heavy (non-hydrogen) atoms. The van der Waals surface area contributed by atoms with Crippen molar-refractivity contribution in [1.29, 1.82) is 0 Å². The van der Waals surface area contributed by atoms with Crippen molar-refractivity contribution in [2.24, 2.45) is 11.8 Å². The molecule has 4 heteroatoms. The van der Waals surface area contributed by atoms with Gasteiger partial charge >= 0.3 is 0 Å². The number of pyridine rings is 1. The third-order valence-electron chi connectivity index (χ3n) is 4.98. The minimum Gasteiger partial charge on any atom is -0.393 e. The van der Waals surface area contributed by atoms with Crippen molar-refractivity contribution in [3.8, 4) is 0 Å². The van der Waals surface area contributed by atoms with E-state index in [0.29, 0.717) is 11.8 Å². The summed E-state index contributed by atoms with van der Waals surface area (Å²) in [6, 6.07) is 2.25. The number of aromatic nitrogens is 1. The molecular weight excluding hydrogens is 262 g/mol. The van der Waals surface area contributed by atoms with E-state index >= 15 is 0 Å². The molecule has 1 aliphatic heterocycles. The summed E-state index contributed by atoms with van der Waals surface area (Å²) in [7, 11) is 0. The molecule has 0 bridgehead atoms. The van der Waals surface area contributed by atoms with Gasteiger partial charge in [-0.15, -0.1) is 0 Å². The van der Waals surface area contributed by atoms with Gasteiger partial charge in [-0.05, 0) is 55.8 Å². The summed E-state index contributed by atoms with van der Waals surface area (Å²) in [5, 5.41) is 13.5. The molecule has 3 rings (SSSR count). The highest BCUT2D eigenvalue weighted by Crippen LogP contribution is 2.39. The molecule has 2 fully saturated rings. The highest BCUT2D eigenvalue weighted by Gasteiger charge is 2.42. The third-order valence-corrected chi connectivity index (χ3v) is 4.98. The monoisotopic (exact) mass is 289 g/mol. The molecule has 1 saturated heterocycles. The summed E-state index contributed by atoms with van der Waals surface area (Å²) >= 11 is 0. The molecule has 2 heterocycles. The number of anilines is 1. The number of fused-ring (bicyclic) bond motifs is 1. The fourth-order valence-electron chi connectivity index (χ4n) is 3.87. The van der Waals surface area contributed by atoms with E-state index in [2.05, 4.69) is 30.1 Å². The van der Waals surface area contributed by atoms with E-state index in [1.807, 2.05) is 6.20 Å². The van der Waals surface area contributed by atoms with Crippen LogP contribution in [0.2, 0.25) is 0 Å². The average molecular weight is 289 g/mol. The molecule has 1 aromatic rings. The maximum Gasteiger partial charge on any atom is 0.131 e. The Morgan fingerprint density at radius 1 is 1.38 bits per heavy atom. The fraction of sp³-hybridized carbons (Fsp3) is 0.706. The molecular formula is C17H27N3O. The van der Waals surface area contributed by atoms with Gasteiger partial charge in [0.05, 0.1) is 6.10 Å². The molecule has 1 aliphatic carbocycles. The summed E-state index contributed by atoms with van der Waals surface area (Å²) in [4.78, 5) is 7.07. The Balaban J connectivity index is 1.66. The van der Waals surface area contributed by atoms with Crippen molar-refractivity contribution in [2.75, 3.05) is 24.5 Å². The number of nitrogens with zero attached hydrogens (tertiary/aromatic N) is 2. The summed E-state index contributed by atoms with van der Waals surface area (Å²) in [5.41, 5.74) is 2.50. The maximum absolute atomic E-state index is 10.0. The van der Waals surface area contributed by atoms with E-state index in [0.717, 1.165) is 44.8 Å². The average Bonchev–Trinajstić information content (AvgIpc) is 3.02. The Bertz CT molecular complexity index is 491. The predicted molar refractivity (Wildman–Crippen MR) is 85.4 cm³/mol. The highest BCUT2D eigenvalue weighted by molar-refractivity contribution is 5.48. The van der Waals surface area contributed by atoms with E-state index in [1.165, 1.54) is 17.5 Å². The van der Waals surface area contributed by atoms with Crippen LogP contribution in [-0.2, 0) is 6.54 Å². The third kappa shape index (κ3) is 3.06. The number of rotatable bonds is 5. The zero-order valence-corrected chi connectivity index (χ0v) is 13.2. The van der Waals surface area contributed by atoms with Gasteiger partial charge in [-0.2, -0.15) is 0 Å². The first-order chi connectivity index (χ1) is 10.2. The molecule has 2 N–H and O–H groups in total. The zero-order valence-electron chi connectivity index (χ0n) is 13.2. The normalized spacial score (nSPS) is 28.1. The van der Waals surface area contributed by atoms with Gasteiger partial charge in [0.25, 0.3) is 0 Å². The Labute approximate surface area is 127 Å². The van der Waals surface area contributed by atoms with Crippen LogP contribution in [0, 0.1) is 18.8 Å². The molecule has 2 aliphatic rings. The maximum atomic E-state index is 10.0. The van der Waals surface area contributed by atoms with Crippen molar-refractivity contribution in [2.45, 2.75) is 45.8 Å². The molecule has 0 spiro atoms. The fourth-order valence-corrected chi connectivity index (χ4v) is 3.87. The topological polar surface area (TPSA) is 48.4 Å². The first-order valence-corrected chi connectivity index (χ1v) is 8.28. The van der Waals surface area contributed by atoms with Crippen LogP contribution in [0.4, 0.5) is 5.82 Å². The Kier molecular flexibility index (Phi) is 4.45. The molecule has 1 saturated carbocycles. The number of hydrogen-bond donors (Lipinski definition) is 2. The Hall–Kier alpha value is -1.13.